The van der Waals surface area contributed by atoms with Crippen molar-refractivity contribution >= 4 is 12.1 Å². The maximum absolute atomic E-state index is 11.8. The fourth-order valence-electron chi connectivity index (χ4n) is 2.00. The summed E-state index contributed by atoms with van der Waals surface area (Å²) in [4.78, 5) is 15.8. The van der Waals surface area contributed by atoms with E-state index in [0.29, 0.717) is 11.4 Å². The minimum absolute atomic E-state index is 0.316. The van der Waals surface area contributed by atoms with Crippen molar-refractivity contribution in [3.05, 3.63) is 90.3 Å². The van der Waals surface area contributed by atoms with Gasteiger partial charge in [0.15, 0.2) is 0 Å². The molecule has 0 fully saturated rings. The molecule has 1 heterocycles. The Kier molecular flexibility index (Phi) is 4.94. The topological polar surface area (TPSA) is 63.6 Å². The summed E-state index contributed by atoms with van der Waals surface area (Å²) in [5.74, 6) is 1.10. The molecule has 118 valence electrons. The number of hydrogen-bond acceptors (Lipinski definition) is 4. The van der Waals surface area contributed by atoms with E-state index >= 15 is 0 Å². The molecule has 0 aliphatic heterocycles. The standard InChI is InChI=1S/C19H15N3O2/c23-19(18-11-4-5-12-20-18)22-21-14-15-7-6-10-17(13-15)24-16-8-2-1-3-9-16/h1-14H,(H,22,23)/b21-14+. The van der Waals surface area contributed by atoms with Gasteiger partial charge in [0, 0.05) is 6.20 Å². The molecule has 1 N–H and O–H groups in total. The summed E-state index contributed by atoms with van der Waals surface area (Å²) in [7, 11) is 0. The highest BCUT2D eigenvalue weighted by molar-refractivity contribution is 5.93. The van der Waals surface area contributed by atoms with Gasteiger partial charge < -0.3 is 4.74 Å². The number of aromatic nitrogens is 1. The molecule has 3 rings (SSSR count). The Labute approximate surface area is 139 Å². The summed E-state index contributed by atoms with van der Waals surface area (Å²) in [5.41, 5.74) is 3.57. The van der Waals surface area contributed by atoms with Crippen molar-refractivity contribution in [1.82, 2.24) is 10.4 Å². The van der Waals surface area contributed by atoms with Crippen molar-refractivity contribution in [1.29, 1.82) is 0 Å². The molecule has 0 spiro atoms. The van der Waals surface area contributed by atoms with Gasteiger partial charge in [0.05, 0.1) is 6.21 Å². The Morgan fingerprint density at radius 1 is 0.958 bits per heavy atom. The van der Waals surface area contributed by atoms with Crippen LogP contribution in [-0.4, -0.2) is 17.1 Å². The Morgan fingerprint density at radius 2 is 1.75 bits per heavy atom. The Morgan fingerprint density at radius 3 is 2.54 bits per heavy atom. The highest BCUT2D eigenvalue weighted by Gasteiger charge is 2.03. The van der Waals surface area contributed by atoms with Crippen molar-refractivity contribution in [3.63, 3.8) is 0 Å². The van der Waals surface area contributed by atoms with E-state index < -0.39 is 0 Å². The summed E-state index contributed by atoms with van der Waals surface area (Å²) < 4.78 is 5.76. The van der Waals surface area contributed by atoms with Crippen LogP contribution in [0.1, 0.15) is 16.1 Å². The summed E-state index contributed by atoms with van der Waals surface area (Å²) in [5, 5.41) is 3.95. The van der Waals surface area contributed by atoms with Crippen molar-refractivity contribution in [2.45, 2.75) is 0 Å². The van der Waals surface area contributed by atoms with Crippen LogP contribution < -0.4 is 10.2 Å². The second kappa shape index (κ2) is 7.69. The lowest BCUT2D eigenvalue weighted by Crippen LogP contribution is -2.18. The number of ether oxygens (including phenoxy) is 1. The first-order valence-electron chi connectivity index (χ1n) is 7.39. The zero-order chi connectivity index (χ0) is 16.6. The molecular weight excluding hydrogens is 302 g/mol. The number of carbonyl (C=O) groups excluding carboxylic acids is 1. The first-order chi connectivity index (χ1) is 11.8. The number of rotatable bonds is 5. The zero-order valence-corrected chi connectivity index (χ0v) is 12.8. The highest BCUT2D eigenvalue weighted by atomic mass is 16.5. The minimum atomic E-state index is -0.358. The summed E-state index contributed by atoms with van der Waals surface area (Å²) in [6, 6.07) is 22.1. The molecule has 0 aliphatic rings. The lowest BCUT2D eigenvalue weighted by atomic mass is 10.2. The first kappa shape index (κ1) is 15.4. The average Bonchev–Trinajstić information content (AvgIpc) is 2.63. The number of nitrogens with one attached hydrogen (secondary N) is 1. The average molecular weight is 317 g/mol. The Bertz CT molecular complexity index is 834. The third-order valence-corrected chi connectivity index (χ3v) is 3.11. The van der Waals surface area contributed by atoms with Crippen molar-refractivity contribution in [2.75, 3.05) is 0 Å². The summed E-state index contributed by atoms with van der Waals surface area (Å²) in [6.45, 7) is 0. The van der Waals surface area contributed by atoms with Crippen molar-refractivity contribution < 1.29 is 9.53 Å². The monoisotopic (exact) mass is 317 g/mol. The van der Waals surface area contributed by atoms with Crippen LogP contribution in [0.3, 0.4) is 0 Å². The molecule has 1 aromatic heterocycles. The predicted octanol–water partition coefficient (Wildman–Crippen LogP) is 3.64. The normalized spacial score (nSPS) is 10.5. The van der Waals surface area contributed by atoms with Gasteiger partial charge in [-0.25, -0.2) is 5.43 Å². The predicted molar refractivity (Wildman–Crippen MR) is 92.3 cm³/mol. The molecular formula is C19H15N3O2. The lowest BCUT2D eigenvalue weighted by molar-refractivity contribution is 0.0950. The largest absolute Gasteiger partial charge is 0.457 e. The van der Waals surface area contributed by atoms with E-state index in [4.69, 9.17) is 4.74 Å². The van der Waals surface area contributed by atoms with Gasteiger partial charge in [-0.15, -0.1) is 0 Å². The molecule has 5 nitrogen and oxygen atoms in total. The number of amides is 1. The zero-order valence-electron chi connectivity index (χ0n) is 12.8. The second-order valence-electron chi connectivity index (χ2n) is 4.90. The fraction of sp³-hybridized carbons (Fsp3) is 0. The van der Waals surface area contributed by atoms with Gasteiger partial charge in [-0.1, -0.05) is 36.4 Å². The van der Waals surface area contributed by atoms with Crippen LogP contribution in [-0.2, 0) is 0 Å². The molecule has 0 saturated heterocycles. The van der Waals surface area contributed by atoms with Crippen LogP contribution in [0.4, 0.5) is 0 Å². The van der Waals surface area contributed by atoms with Crippen LogP contribution in [0.2, 0.25) is 0 Å². The van der Waals surface area contributed by atoms with Crippen LogP contribution >= 0.6 is 0 Å². The van der Waals surface area contributed by atoms with Gasteiger partial charge in [-0.05, 0) is 42.0 Å². The Balaban J connectivity index is 1.63. The van der Waals surface area contributed by atoms with Crippen molar-refractivity contribution in [2.24, 2.45) is 5.10 Å². The van der Waals surface area contributed by atoms with E-state index in [-0.39, 0.29) is 5.91 Å². The quantitative estimate of drug-likeness (QED) is 0.577. The summed E-state index contributed by atoms with van der Waals surface area (Å²) in [6.07, 6.45) is 3.11. The van der Waals surface area contributed by atoms with Gasteiger partial charge in [0.2, 0.25) is 0 Å². The number of hydrazone groups is 1. The van der Waals surface area contributed by atoms with E-state index in [1.807, 2.05) is 54.6 Å². The molecule has 0 unspecified atom stereocenters. The molecule has 2 aromatic carbocycles. The van der Waals surface area contributed by atoms with Crippen LogP contribution in [0.5, 0.6) is 11.5 Å². The van der Waals surface area contributed by atoms with Crippen molar-refractivity contribution in [3.8, 4) is 11.5 Å². The third kappa shape index (κ3) is 4.27. The fourth-order valence-corrected chi connectivity index (χ4v) is 2.00. The first-order valence-corrected chi connectivity index (χ1v) is 7.39. The van der Waals surface area contributed by atoms with Gasteiger partial charge in [-0.2, -0.15) is 5.10 Å². The summed E-state index contributed by atoms with van der Waals surface area (Å²) >= 11 is 0. The van der Waals surface area contributed by atoms with Crippen LogP contribution in [0, 0.1) is 0 Å². The van der Waals surface area contributed by atoms with E-state index in [9.17, 15) is 4.79 Å². The molecule has 0 atom stereocenters. The lowest BCUT2D eigenvalue weighted by Gasteiger charge is -2.05. The number of nitrogens with zero attached hydrogens (tertiary/aromatic N) is 2. The van der Waals surface area contributed by atoms with E-state index in [1.54, 1.807) is 30.6 Å². The molecule has 0 aliphatic carbocycles. The van der Waals surface area contributed by atoms with Crippen LogP contribution in [0.15, 0.2) is 84.1 Å². The smallest absolute Gasteiger partial charge is 0.289 e. The van der Waals surface area contributed by atoms with Gasteiger partial charge in [0.25, 0.3) is 5.91 Å². The maximum Gasteiger partial charge on any atom is 0.289 e. The number of para-hydroxylation sites is 1. The van der Waals surface area contributed by atoms with E-state index in [2.05, 4.69) is 15.5 Å². The number of carbonyl (C=O) groups is 1. The molecule has 1 amide bonds. The molecule has 24 heavy (non-hydrogen) atoms. The minimum Gasteiger partial charge on any atom is -0.457 e. The van der Waals surface area contributed by atoms with Crippen LogP contribution in [0.25, 0.3) is 0 Å². The maximum atomic E-state index is 11.8. The molecule has 5 heteroatoms. The third-order valence-electron chi connectivity index (χ3n) is 3.11. The van der Waals surface area contributed by atoms with Gasteiger partial charge >= 0.3 is 0 Å². The van der Waals surface area contributed by atoms with Gasteiger partial charge in [-0.3, -0.25) is 9.78 Å². The Hall–Kier alpha value is -3.47. The molecule has 0 saturated carbocycles. The second-order valence-corrected chi connectivity index (χ2v) is 4.90. The number of pyridine rings is 1. The van der Waals surface area contributed by atoms with E-state index in [0.717, 1.165) is 11.3 Å². The molecule has 3 aromatic rings. The highest BCUT2D eigenvalue weighted by Crippen LogP contribution is 2.21. The number of hydrogen-bond donors (Lipinski definition) is 1. The molecule has 0 radical (unpaired) electrons. The number of benzene rings is 2. The SMILES string of the molecule is O=C(N/N=C/c1cccc(Oc2ccccc2)c1)c1ccccn1. The molecule has 0 bridgehead atoms. The van der Waals surface area contributed by atoms with Gasteiger partial charge in [0.1, 0.15) is 17.2 Å². The van der Waals surface area contributed by atoms with E-state index in [1.165, 1.54) is 0 Å².